The summed E-state index contributed by atoms with van der Waals surface area (Å²) in [6.07, 6.45) is 27.1. The van der Waals surface area contributed by atoms with Crippen molar-refractivity contribution in [3.05, 3.63) is 29.8 Å². The molecule has 1 aromatic carbocycles. The minimum absolute atomic E-state index is 0.863. The van der Waals surface area contributed by atoms with E-state index in [-0.39, 0.29) is 0 Å². The van der Waals surface area contributed by atoms with E-state index in [1.165, 1.54) is 128 Å². The molecule has 29 heavy (non-hydrogen) atoms. The molecule has 1 aromatic rings. The third-order valence-electron chi connectivity index (χ3n) is 6.04. The Kier molecular flexibility index (Phi) is 18.2. The minimum atomic E-state index is 0.863. The summed E-state index contributed by atoms with van der Waals surface area (Å²) in [7, 11) is 0. The number of hydrogen-bond acceptors (Lipinski definition) is 1. The standard InChI is InChI=1S/C28H50O/c1-3-4-5-6-7-8-9-10-11-12-13-14-15-16-17-18-19-20-21-26-29-28-24-22-27(2)23-25-28/h22-25H,3-21,26H2,1-2H3. The fourth-order valence-electron chi connectivity index (χ4n) is 4.01. The largest absolute Gasteiger partial charge is 0.494 e. The van der Waals surface area contributed by atoms with Crippen LogP contribution in [0, 0.1) is 6.92 Å². The highest BCUT2D eigenvalue weighted by Crippen LogP contribution is 2.15. The Labute approximate surface area is 183 Å². The summed E-state index contributed by atoms with van der Waals surface area (Å²) in [4.78, 5) is 0. The average molecular weight is 403 g/mol. The van der Waals surface area contributed by atoms with Gasteiger partial charge in [0.15, 0.2) is 0 Å². The van der Waals surface area contributed by atoms with Gasteiger partial charge in [0.05, 0.1) is 6.61 Å². The van der Waals surface area contributed by atoms with Gasteiger partial charge in [-0.15, -0.1) is 0 Å². The Balaban J connectivity index is 1.69. The topological polar surface area (TPSA) is 9.23 Å². The van der Waals surface area contributed by atoms with E-state index >= 15 is 0 Å². The maximum absolute atomic E-state index is 5.79. The first-order valence-electron chi connectivity index (χ1n) is 13.0. The average Bonchev–Trinajstić information content (AvgIpc) is 2.73. The van der Waals surface area contributed by atoms with Crippen LogP contribution in [0.25, 0.3) is 0 Å². The van der Waals surface area contributed by atoms with Crippen molar-refractivity contribution in [3.63, 3.8) is 0 Å². The van der Waals surface area contributed by atoms with Gasteiger partial charge in [-0.2, -0.15) is 0 Å². The molecule has 0 aromatic heterocycles. The first kappa shape index (κ1) is 26.1. The van der Waals surface area contributed by atoms with Gasteiger partial charge in [0.2, 0.25) is 0 Å². The molecule has 0 unspecified atom stereocenters. The quantitative estimate of drug-likeness (QED) is 0.186. The molecule has 0 aliphatic rings. The summed E-state index contributed by atoms with van der Waals surface area (Å²) < 4.78 is 5.79. The van der Waals surface area contributed by atoms with Gasteiger partial charge < -0.3 is 4.74 Å². The number of benzene rings is 1. The lowest BCUT2D eigenvalue weighted by Gasteiger charge is -2.06. The van der Waals surface area contributed by atoms with Crippen LogP contribution < -0.4 is 4.74 Å². The van der Waals surface area contributed by atoms with Crippen LogP contribution in [0.4, 0.5) is 0 Å². The van der Waals surface area contributed by atoms with E-state index in [1.807, 2.05) is 0 Å². The summed E-state index contributed by atoms with van der Waals surface area (Å²) in [6, 6.07) is 8.38. The van der Waals surface area contributed by atoms with Crippen LogP contribution in [0.3, 0.4) is 0 Å². The molecule has 168 valence electrons. The third kappa shape index (κ3) is 17.6. The molecule has 0 saturated carbocycles. The van der Waals surface area contributed by atoms with E-state index in [2.05, 4.69) is 38.1 Å². The SMILES string of the molecule is CCCCCCCCCCCCCCCCCCCCCOc1ccc(C)cc1. The van der Waals surface area contributed by atoms with E-state index in [0.29, 0.717) is 0 Å². The highest BCUT2D eigenvalue weighted by Gasteiger charge is 1.96. The van der Waals surface area contributed by atoms with E-state index in [4.69, 9.17) is 4.74 Å². The van der Waals surface area contributed by atoms with Crippen molar-refractivity contribution in [1.82, 2.24) is 0 Å². The minimum Gasteiger partial charge on any atom is -0.494 e. The molecular weight excluding hydrogens is 352 g/mol. The highest BCUT2D eigenvalue weighted by atomic mass is 16.5. The second-order valence-corrected chi connectivity index (χ2v) is 9.03. The first-order valence-corrected chi connectivity index (χ1v) is 13.0. The second-order valence-electron chi connectivity index (χ2n) is 9.03. The molecule has 0 heterocycles. The molecule has 1 heteroatoms. The smallest absolute Gasteiger partial charge is 0.119 e. The molecule has 1 nitrogen and oxygen atoms in total. The zero-order valence-electron chi connectivity index (χ0n) is 19.9. The van der Waals surface area contributed by atoms with Crippen LogP contribution in [0.15, 0.2) is 24.3 Å². The maximum atomic E-state index is 5.79. The van der Waals surface area contributed by atoms with Crippen molar-refractivity contribution in [1.29, 1.82) is 0 Å². The lowest BCUT2D eigenvalue weighted by Crippen LogP contribution is -1.97. The summed E-state index contributed by atoms with van der Waals surface area (Å²) in [6.45, 7) is 5.27. The molecule has 0 bridgehead atoms. The molecular formula is C28H50O. The summed E-state index contributed by atoms with van der Waals surface area (Å²) in [5, 5.41) is 0. The van der Waals surface area contributed by atoms with Gasteiger partial charge in [-0.05, 0) is 25.5 Å². The van der Waals surface area contributed by atoms with Crippen molar-refractivity contribution in [2.75, 3.05) is 6.61 Å². The number of hydrogen-bond donors (Lipinski definition) is 0. The predicted octanol–water partition coefficient (Wildman–Crippen LogP) is 9.81. The van der Waals surface area contributed by atoms with Crippen molar-refractivity contribution in [2.45, 2.75) is 136 Å². The molecule has 0 atom stereocenters. The molecule has 0 saturated heterocycles. The van der Waals surface area contributed by atoms with Crippen LogP contribution in [0.2, 0.25) is 0 Å². The summed E-state index contributed by atoms with van der Waals surface area (Å²) >= 11 is 0. The summed E-state index contributed by atoms with van der Waals surface area (Å²) in [5.41, 5.74) is 1.29. The second kappa shape index (κ2) is 20.3. The van der Waals surface area contributed by atoms with Gasteiger partial charge >= 0.3 is 0 Å². The third-order valence-corrected chi connectivity index (χ3v) is 6.04. The molecule has 0 N–H and O–H groups in total. The molecule has 0 spiro atoms. The highest BCUT2D eigenvalue weighted by molar-refractivity contribution is 5.26. The summed E-state index contributed by atoms with van der Waals surface area (Å²) in [5.74, 6) is 1.01. The van der Waals surface area contributed by atoms with Gasteiger partial charge in [-0.3, -0.25) is 0 Å². The van der Waals surface area contributed by atoms with Crippen molar-refractivity contribution >= 4 is 0 Å². The number of unbranched alkanes of at least 4 members (excludes halogenated alkanes) is 18. The predicted molar refractivity (Wildman–Crippen MR) is 130 cm³/mol. The first-order chi connectivity index (χ1) is 14.3. The normalized spacial score (nSPS) is 11.1. The fourth-order valence-corrected chi connectivity index (χ4v) is 4.01. The Morgan fingerprint density at radius 3 is 1.21 bits per heavy atom. The van der Waals surface area contributed by atoms with Crippen molar-refractivity contribution < 1.29 is 4.74 Å². The molecule has 0 aliphatic heterocycles. The van der Waals surface area contributed by atoms with Gasteiger partial charge in [0, 0.05) is 0 Å². The van der Waals surface area contributed by atoms with Crippen molar-refractivity contribution in [3.8, 4) is 5.75 Å². The molecule has 0 aliphatic carbocycles. The molecule has 0 fully saturated rings. The van der Waals surface area contributed by atoms with Gasteiger partial charge in [0.1, 0.15) is 5.75 Å². The fraction of sp³-hybridized carbons (Fsp3) is 0.786. The monoisotopic (exact) mass is 402 g/mol. The lowest BCUT2D eigenvalue weighted by atomic mass is 10.0. The Morgan fingerprint density at radius 2 is 0.828 bits per heavy atom. The Hall–Kier alpha value is -0.980. The maximum Gasteiger partial charge on any atom is 0.119 e. The molecule has 0 radical (unpaired) electrons. The van der Waals surface area contributed by atoms with E-state index in [9.17, 15) is 0 Å². The van der Waals surface area contributed by atoms with E-state index in [1.54, 1.807) is 0 Å². The molecule has 0 amide bonds. The van der Waals surface area contributed by atoms with Gasteiger partial charge in [0.25, 0.3) is 0 Å². The Morgan fingerprint density at radius 1 is 0.483 bits per heavy atom. The van der Waals surface area contributed by atoms with Crippen LogP contribution in [0.5, 0.6) is 5.75 Å². The number of aryl methyl sites for hydroxylation is 1. The number of ether oxygens (including phenoxy) is 1. The van der Waals surface area contributed by atoms with Crippen molar-refractivity contribution in [2.24, 2.45) is 0 Å². The van der Waals surface area contributed by atoms with Crippen LogP contribution in [0.1, 0.15) is 134 Å². The zero-order valence-corrected chi connectivity index (χ0v) is 19.9. The molecule has 1 rings (SSSR count). The van der Waals surface area contributed by atoms with E-state index in [0.717, 1.165) is 12.4 Å². The van der Waals surface area contributed by atoms with Gasteiger partial charge in [-0.25, -0.2) is 0 Å². The lowest BCUT2D eigenvalue weighted by molar-refractivity contribution is 0.304. The Bertz CT molecular complexity index is 436. The zero-order chi connectivity index (χ0) is 20.8. The van der Waals surface area contributed by atoms with Crippen LogP contribution in [-0.4, -0.2) is 6.61 Å². The van der Waals surface area contributed by atoms with Crippen LogP contribution >= 0.6 is 0 Å². The van der Waals surface area contributed by atoms with E-state index < -0.39 is 0 Å². The van der Waals surface area contributed by atoms with Crippen LogP contribution in [-0.2, 0) is 0 Å². The number of rotatable bonds is 21. The van der Waals surface area contributed by atoms with Gasteiger partial charge in [-0.1, -0.05) is 140 Å².